The van der Waals surface area contributed by atoms with Crippen LogP contribution in [0.5, 0.6) is 5.75 Å². The Balaban J connectivity index is 2.63. The van der Waals surface area contributed by atoms with E-state index in [0.717, 1.165) is 5.56 Å². The van der Waals surface area contributed by atoms with Crippen LogP contribution in [0.1, 0.15) is 26.3 Å². The molecule has 0 spiro atoms. The number of hydrogen-bond acceptors (Lipinski definition) is 4. The molecule has 0 aromatic heterocycles. The van der Waals surface area contributed by atoms with Crippen molar-refractivity contribution in [1.82, 2.24) is 10.0 Å². The average Bonchev–Trinajstić information content (AvgIpc) is 2.42. The Labute approximate surface area is 121 Å². The SMILES string of the molecule is COc1ccccc1CNS(=O)(=O)C(C)CNC(C)C. The summed E-state index contributed by atoms with van der Waals surface area (Å²) in [4.78, 5) is 0. The van der Waals surface area contributed by atoms with Crippen LogP contribution in [0.25, 0.3) is 0 Å². The van der Waals surface area contributed by atoms with Crippen molar-refractivity contribution in [3.05, 3.63) is 29.8 Å². The number of benzene rings is 1. The molecule has 1 unspecified atom stereocenters. The van der Waals surface area contributed by atoms with E-state index in [1.807, 2.05) is 38.1 Å². The highest BCUT2D eigenvalue weighted by Crippen LogP contribution is 2.17. The first kappa shape index (κ1) is 16.9. The number of rotatable bonds is 8. The lowest BCUT2D eigenvalue weighted by Gasteiger charge is -2.17. The van der Waals surface area contributed by atoms with Crippen molar-refractivity contribution in [3.8, 4) is 5.75 Å². The lowest BCUT2D eigenvalue weighted by molar-refractivity contribution is 0.409. The van der Waals surface area contributed by atoms with Gasteiger partial charge in [-0.25, -0.2) is 13.1 Å². The van der Waals surface area contributed by atoms with Crippen LogP contribution in [-0.2, 0) is 16.6 Å². The van der Waals surface area contributed by atoms with Gasteiger partial charge in [-0.05, 0) is 13.0 Å². The minimum atomic E-state index is -3.35. The number of methoxy groups -OCH3 is 1. The summed E-state index contributed by atoms with van der Waals surface area (Å²) >= 11 is 0. The average molecular weight is 300 g/mol. The van der Waals surface area contributed by atoms with Crippen LogP contribution in [0.15, 0.2) is 24.3 Å². The smallest absolute Gasteiger partial charge is 0.215 e. The van der Waals surface area contributed by atoms with Gasteiger partial charge in [0.05, 0.1) is 12.4 Å². The quantitative estimate of drug-likeness (QED) is 0.763. The Morgan fingerprint density at radius 3 is 2.45 bits per heavy atom. The monoisotopic (exact) mass is 300 g/mol. The maximum absolute atomic E-state index is 12.1. The van der Waals surface area contributed by atoms with Gasteiger partial charge in [-0.2, -0.15) is 0 Å². The normalized spacial score (nSPS) is 13.4. The number of sulfonamides is 1. The van der Waals surface area contributed by atoms with Crippen LogP contribution in [0, 0.1) is 0 Å². The number of para-hydroxylation sites is 1. The molecule has 0 radical (unpaired) electrons. The molecular weight excluding hydrogens is 276 g/mol. The number of ether oxygens (including phenoxy) is 1. The summed E-state index contributed by atoms with van der Waals surface area (Å²) in [6, 6.07) is 7.63. The van der Waals surface area contributed by atoms with E-state index >= 15 is 0 Å². The molecule has 2 N–H and O–H groups in total. The summed E-state index contributed by atoms with van der Waals surface area (Å²) in [5.41, 5.74) is 0.822. The van der Waals surface area contributed by atoms with Crippen molar-refractivity contribution in [2.45, 2.75) is 38.6 Å². The summed E-state index contributed by atoms with van der Waals surface area (Å²) in [5.74, 6) is 0.683. The second-order valence-electron chi connectivity index (χ2n) is 5.05. The third-order valence-corrected chi connectivity index (χ3v) is 4.77. The molecule has 1 aromatic rings. The van der Waals surface area contributed by atoms with Crippen LogP contribution < -0.4 is 14.8 Å². The fraction of sp³-hybridized carbons (Fsp3) is 0.571. The summed E-state index contributed by atoms with van der Waals surface area (Å²) in [5, 5.41) is 2.64. The Bertz CT molecular complexity index is 515. The molecule has 1 aromatic carbocycles. The topological polar surface area (TPSA) is 67.4 Å². The van der Waals surface area contributed by atoms with Gasteiger partial charge in [-0.3, -0.25) is 0 Å². The van der Waals surface area contributed by atoms with E-state index in [1.165, 1.54) is 0 Å². The minimum Gasteiger partial charge on any atom is -0.496 e. The Kier molecular flexibility index (Phi) is 6.45. The Morgan fingerprint density at radius 1 is 1.20 bits per heavy atom. The number of nitrogens with one attached hydrogen (secondary N) is 2. The first-order valence-electron chi connectivity index (χ1n) is 6.70. The second-order valence-corrected chi connectivity index (χ2v) is 7.23. The molecule has 0 bridgehead atoms. The molecule has 0 saturated heterocycles. The van der Waals surface area contributed by atoms with Crippen LogP contribution in [0.2, 0.25) is 0 Å². The van der Waals surface area contributed by atoms with Gasteiger partial charge in [0.2, 0.25) is 10.0 Å². The van der Waals surface area contributed by atoms with Gasteiger partial charge >= 0.3 is 0 Å². The van der Waals surface area contributed by atoms with Crippen LogP contribution in [-0.4, -0.2) is 33.4 Å². The molecule has 1 atom stereocenters. The summed E-state index contributed by atoms with van der Waals surface area (Å²) in [6.45, 7) is 6.33. The van der Waals surface area contributed by atoms with Crippen LogP contribution in [0.3, 0.4) is 0 Å². The highest BCUT2D eigenvalue weighted by Gasteiger charge is 2.20. The molecule has 0 aliphatic rings. The predicted molar refractivity (Wildman–Crippen MR) is 81.4 cm³/mol. The van der Waals surface area contributed by atoms with Crippen LogP contribution >= 0.6 is 0 Å². The fourth-order valence-corrected chi connectivity index (χ4v) is 2.64. The van der Waals surface area contributed by atoms with Crippen molar-refractivity contribution >= 4 is 10.0 Å². The maximum atomic E-state index is 12.1. The van der Waals surface area contributed by atoms with E-state index in [4.69, 9.17) is 4.74 Å². The largest absolute Gasteiger partial charge is 0.496 e. The lowest BCUT2D eigenvalue weighted by Crippen LogP contribution is -2.40. The molecule has 6 heteroatoms. The second kappa shape index (κ2) is 7.61. The zero-order valence-electron chi connectivity index (χ0n) is 12.5. The highest BCUT2D eigenvalue weighted by atomic mass is 32.2. The molecule has 0 aliphatic carbocycles. The summed E-state index contributed by atoms with van der Waals surface area (Å²) in [6.07, 6.45) is 0. The van der Waals surface area contributed by atoms with E-state index in [1.54, 1.807) is 14.0 Å². The Hall–Kier alpha value is -1.11. The van der Waals surface area contributed by atoms with Crippen molar-refractivity contribution in [3.63, 3.8) is 0 Å². The van der Waals surface area contributed by atoms with Gasteiger partial charge in [0, 0.05) is 24.7 Å². The lowest BCUT2D eigenvalue weighted by atomic mass is 10.2. The summed E-state index contributed by atoms with van der Waals surface area (Å²) in [7, 11) is -1.78. The third-order valence-electron chi connectivity index (χ3n) is 3.00. The molecule has 0 fully saturated rings. The highest BCUT2D eigenvalue weighted by molar-refractivity contribution is 7.90. The molecular formula is C14H24N2O3S. The molecule has 0 heterocycles. The Morgan fingerprint density at radius 2 is 1.85 bits per heavy atom. The van der Waals surface area contributed by atoms with Crippen molar-refractivity contribution in [2.75, 3.05) is 13.7 Å². The molecule has 0 saturated carbocycles. The first-order chi connectivity index (χ1) is 9.36. The van der Waals surface area contributed by atoms with Crippen molar-refractivity contribution in [1.29, 1.82) is 0 Å². The zero-order chi connectivity index (χ0) is 15.2. The molecule has 1 rings (SSSR count). The number of hydrogen-bond donors (Lipinski definition) is 2. The fourth-order valence-electron chi connectivity index (χ4n) is 1.68. The first-order valence-corrected chi connectivity index (χ1v) is 8.25. The maximum Gasteiger partial charge on any atom is 0.215 e. The van der Waals surface area contributed by atoms with Crippen molar-refractivity contribution in [2.24, 2.45) is 0 Å². The van der Waals surface area contributed by atoms with Crippen molar-refractivity contribution < 1.29 is 13.2 Å². The van der Waals surface area contributed by atoms with Crippen LogP contribution in [0.4, 0.5) is 0 Å². The molecule has 0 amide bonds. The minimum absolute atomic E-state index is 0.234. The predicted octanol–water partition coefficient (Wildman–Crippen LogP) is 1.50. The standard InChI is InChI=1S/C14H24N2O3S/c1-11(2)15-9-12(3)20(17,18)16-10-13-7-5-6-8-14(13)19-4/h5-8,11-12,15-16H,9-10H2,1-4H3. The molecule has 114 valence electrons. The molecule has 20 heavy (non-hydrogen) atoms. The zero-order valence-corrected chi connectivity index (χ0v) is 13.3. The van der Waals surface area contributed by atoms with E-state index < -0.39 is 15.3 Å². The third kappa shape index (κ3) is 5.11. The van der Waals surface area contributed by atoms with E-state index in [0.29, 0.717) is 12.3 Å². The van der Waals surface area contributed by atoms with E-state index in [-0.39, 0.29) is 12.6 Å². The van der Waals surface area contributed by atoms with Gasteiger partial charge in [0.1, 0.15) is 5.75 Å². The van der Waals surface area contributed by atoms with E-state index in [2.05, 4.69) is 10.0 Å². The summed E-state index contributed by atoms with van der Waals surface area (Å²) < 4.78 is 32.1. The molecule has 0 aliphatic heterocycles. The van der Waals surface area contributed by atoms with Gasteiger partial charge in [0.25, 0.3) is 0 Å². The van der Waals surface area contributed by atoms with E-state index in [9.17, 15) is 8.42 Å². The van der Waals surface area contributed by atoms with Gasteiger partial charge in [0.15, 0.2) is 0 Å². The molecule has 5 nitrogen and oxygen atoms in total. The van der Waals surface area contributed by atoms with Gasteiger partial charge < -0.3 is 10.1 Å². The van der Waals surface area contributed by atoms with Gasteiger partial charge in [-0.1, -0.05) is 32.0 Å². The van der Waals surface area contributed by atoms with Gasteiger partial charge in [-0.15, -0.1) is 0 Å².